The van der Waals surface area contributed by atoms with Crippen molar-refractivity contribution in [1.29, 1.82) is 0 Å². The Morgan fingerprint density at radius 1 is 1.13 bits per heavy atom. The van der Waals surface area contributed by atoms with Crippen LogP contribution in [0.25, 0.3) is 5.65 Å². The zero-order valence-corrected chi connectivity index (χ0v) is 20.8. The van der Waals surface area contributed by atoms with E-state index in [0.717, 1.165) is 33.2 Å². The fourth-order valence-corrected chi connectivity index (χ4v) is 4.74. The summed E-state index contributed by atoms with van der Waals surface area (Å²) >= 11 is 1.16. The zero-order valence-electron chi connectivity index (χ0n) is 19.9. The number of nitrogens with one attached hydrogen (secondary N) is 2. The van der Waals surface area contributed by atoms with Gasteiger partial charge in [-0.2, -0.15) is 5.10 Å². The van der Waals surface area contributed by atoms with Gasteiger partial charge in [0, 0.05) is 29.5 Å². The Balaban J connectivity index is 1.32. The molecule has 0 unspecified atom stereocenters. The number of thiophene rings is 1. The fraction of sp³-hybridized carbons (Fsp3) is 0.200. The molecule has 1 aliphatic rings. The minimum Gasteiger partial charge on any atom is -0.486 e. The van der Waals surface area contributed by atoms with Gasteiger partial charge in [0.05, 0.1) is 19.9 Å². The summed E-state index contributed by atoms with van der Waals surface area (Å²) in [5, 5.41) is 9.24. The third-order valence-electron chi connectivity index (χ3n) is 5.72. The van der Waals surface area contributed by atoms with Gasteiger partial charge in [0.15, 0.2) is 17.2 Å². The van der Waals surface area contributed by atoms with Gasteiger partial charge in [-0.05, 0) is 29.8 Å². The van der Waals surface area contributed by atoms with Crippen molar-refractivity contribution >= 4 is 40.6 Å². The predicted molar refractivity (Wildman–Crippen MR) is 132 cm³/mol. The topological polar surface area (TPSA) is 141 Å². The largest absolute Gasteiger partial charge is 0.486 e. The maximum Gasteiger partial charge on any atom is 0.348 e. The van der Waals surface area contributed by atoms with Crippen LogP contribution in [0.2, 0.25) is 0 Å². The summed E-state index contributed by atoms with van der Waals surface area (Å²) in [6, 6.07) is 9.75. The van der Waals surface area contributed by atoms with Gasteiger partial charge in [0.2, 0.25) is 0 Å². The molecule has 0 bridgehead atoms. The van der Waals surface area contributed by atoms with Crippen molar-refractivity contribution in [2.24, 2.45) is 0 Å². The Morgan fingerprint density at radius 2 is 1.95 bits per heavy atom. The van der Waals surface area contributed by atoms with Gasteiger partial charge >= 0.3 is 5.97 Å². The molecule has 4 aromatic rings. The van der Waals surface area contributed by atoms with Gasteiger partial charge in [-0.15, -0.1) is 11.3 Å². The molecule has 13 heteroatoms. The third kappa shape index (κ3) is 5.09. The number of carbonyl (C=O) groups is 4. The first-order valence-electron chi connectivity index (χ1n) is 11.4. The molecule has 2 amide bonds. The van der Waals surface area contributed by atoms with Crippen LogP contribution in [0.15, 0.2) is 42.6 Å². The SMILES string of the molecule is COC(=O)c1ccc(CNC(=O)c2cc(C(=O)NCc3ccc4c(c3)CC(=O)CO4)nc3c(F)cnn23)s1. The first-order valence-corrected chi connectivity index (χ1v) is 12.2. The van der Waals surface area contributed by atoms with Gasteiger partial charge in [0.1, 0.15) is 28.6 Å². The predicted octanol–water partition coefficient (Wildman–Crippen LogP) is 2.08. The molecule has 0 aliphatic carbocycles. The molecule has 38 heavy (non-hydrogen) atoms. The quantitative estimate of drug-likeness (QED) is 0.342. The number of benzene rings is 1. The van der Waals surface area contributed by atoms with Crippen LogP contribution in [0.1, 0.15) is 46.7 Å². The Morgan fingerprint density at radius 3 is 2.76 bits per heavy atom. The van der Waals surface area contributed by atoms with Crippen molar-refractivity contribution in [3.8, 4) is 5.75 Å². The van der Waals surface area contributed by atoms with Crippen molar-refractivity contribution in [1.82, 2.24) is 25.2 Å². The van der Waals surface area contributed by atoms with E-state index in [4.69, 9.17) is 4.74 Å². The molecule has 2 N–H and O–H groups in total. The molecule has 5 rings (SSSR count). The number of amides is 2. The normalized spacial score (nSPS) is 12.5. The summed E-state index contributed by atoms with van der Waals surface area (Å²) in [4.78, 5) is 54.3. The molecule has 11 nitrogen and oxygen atoms in total. The summed E-state index contributed by atoms with van der Waals surface area (Å²) in [5.74, 6) is -1.94. The van der Waals surface area contributed by atoms with Crippen LogP contribution < -0.4 is 15.4 Å². The molecule has 0 saturated heterocycles. The van der Waals surface area contributed by atoms with E-state index in [-0.39, 0.29) is 48.9 Å². The summed E-state index contributed by atoms with van der Waals surface area (Å²) in [7, 11) is 1.28. The number of rotatable bonds is 7. The number of hydrogen-bond donors (Lipinski definition) is 2. The van der Waals surface area contributed by atoms with E-state index in [1.807, 2.05) is 0 Å². The van der Waals surface area contributed by atoms with E-state index < -0.39 is 23.6 Å². The molecule has 4 heterocycles. The van der Waals surface area contributed by atoms with E-state index in [1.165, 1.54) is 13.2 Å². The van der Waals surface area contributed by atoms with Gasteiger partial charge < -0.3 is 20.1 Å². The van der Waals surface area contributed by atoms with Crippen molar-refractivity contribution < 1.29 is 33.0 Å². The highest BCUT2D eigenvalue weighted by Gasteiger charge is 2.21. The second-order valence-corrected chi connectivity index (χ2v) is 9.49. The molecule has 0 saturated carbocycles. The maximum atomic E-state index is 14.3. The van der Waals surface area contributed by atoms with E-state index >= 15 is 0 Å². The molecule has 0 atom stereocenters. The number of Topliss-reactive ketones (excluding diaryl/α,β-unsaturated/α-hetero) is 1. The molecular formula is C25H20FN5O6S. The number of esters is 1. The van der Waals surface area contributed by atoms with Crippen molar-refractivity contribution in [2.45, 2.75) is 19.5 Å². The fourth-order valence-electron chi connectivity index (χ4n) is 3.87. The van der Waals surface area contributed by atoms with E-state index in [0.29, 0.717) is 15.5 Å². The van der Waals surface area contributed by atoms with Crippen LogP contribution in [0.5, 0.6) is 5.75 Å². The molecule has 0 radical (unpaired) electrons. The summed E-state index contributed by atoms with van der Waals surface area (Å²) in [6.45, 7) is 0.234. The van der Waals surface area contributed by atoms with Gasteiger partial charge in [-0.1, -0.05) is 6.07 Å². The van der Waals surface area contributed by atoms with Crippen LogP contribution in [0, 0.1) is 5.82 Å². The van der Waals surface area contributed by atoms with Crippen molar-refractivity contribution in [3.05, 3.63) is 80.7 Å². The highest BCUT2D eigenvalue weighted by molar-refractivity contribution is 7.13. The smallest absolute Gasteiger partial charge is 0.348 e. The number of halogens is 1. The molecule has 1 aromatic carbocycles. The number of aromatic nitrogens is 3. The van der Waals surface area contributed by atoms with Crippen LogP contribution in [-0.2, 0) is 29.0 Å². The Bertz CT molecular complexity index is 1600. The minimum atomic E-state index is -0.797. The highest BCUT2D eigenvalue weighted by Crippen LogP contribution is 2.24. The lowest BCUT2D eigenvalue weighted by molar-refractivity contribution is -0.121. The molecule has 194 valence electrons. The number of nitrogens with zero attached hydrogens (tertiary/aromatic N) is 3. The van der Waals surface area contributed by atoms with Gasteiger partial charge in [0.25, 0.3) is 11.8 Å². The molecule has 1 aliphatic heterocycles. The second kappa shape index (κ2) is 10.4. The lowest BCUT2D eigenvalue weighted by atomic mass is 10.0. The van der Waals surface area contributed by atoms with E-state index in [1.54, 1.807) is 30.3 Å². The average Bonchev–Trinajstić information content (AvgIpc) is 3.56. The lowest BCUT2D eigenvalue weighted by Crippen LogP contribution is -2.28. The van der Waals surface area contributed by atoms with Crippen LogP contribution in [-0.4, -0.2) is 51.9 Å². The first kappa shape index (κ1) is 25.0. The summed E-state index contributed by atoms with van der Waals surface area (Å²) in [5.41, 5.74) is 0.904. The number of hydrogen-bond acceptors (Lipinski definition) is 9. The Hall–Kier alpha value is -4.65. The van der Waals surface area contributed by atoms with Crippen molar-refractivity contribution in [3.63, 3.8) is 0 Å². The monoisotopic (exact) mass is 537 g/mol. The van der Waals surface area contributed by atoms with Crippen LogP contribution >= 0.6 is 11.3 Å². The Labute approximate surface area is 218 Å². The number of methoxy groups -OCH3 is 1. The standard InChI is InChI=1S/C25H20FN5O6S/c1-36-25(35)21-5-3-16(38-21)10-28-24(34)19-8-18(30-22-17(26)11-29-31(19)22)23(33)27-9-13-2-4-20-14(6-13)7-15(32)12-37-20/h2-6,8,11H,7,9-10,12H2,1H3,(H,27,33)(H,28,34). The molecular weight excluding hydrogens is 517 g/mol. The number of ether oxygens (including phenoxy) is 2. The zero-order chi connectivity index (χ0) is 26.8. The maximum absolute atomic E-state index is 14.3. The minimum absolute atomic E-state index is 0.0344. The number of ketones is 1. The van der Waals surface area contributed by atoms with Crippen LogP contribution in [0.3, 0.4) is 0 Å². The van der Waals surface area contributed by atoms with E-state index in [9.17, 15) is 23.6 Å². The number of fused-ring (bicyclic) bond motifs is 2. The highest BCUT2D eigenvalue weighted by atomic mass is 32.1. The summed E-state index contributed by atoms with van der Waals surface area (Å²) in [6.07, 6.45) is 1.16. The van der Waals surface area contributed by atoms with Crippen molar-refractivity contribution in [2.75, 3.05) is 13.7 Å². The first-order chi connectivity index (χ1) is 18.3. The molecule has 0 spiro atoms. The summed E-state index contributed by atoms with van der Waals surface area (Å²) < 4.78 is 25.4. The van der Waals surface area contributed by atoms with Crippen LogP contribution in [0.4, 0.5) is 4.39 Å². The Kier molecular flexibility index (Phi) is 6.83. The lowest BCUT2D eigenvalue weighted by Gasteiger charge is -2.17. The van der Waals surface area contributed by atoms with Gasteiger partial charge in [-0.25, -0.2) is 18.7 Å². The second-order valence-electron chi connectivity index (χ2n) is 8.32. The van der Waals surface area contributed by atoms with E-state index in [2.05, 4.69) is 25.5 Å². The third-order valence-corrected chi connectivity index (χ3v) is 6.78. The number of carbonyl (C=O) groups excluding carboxylic acids is 4. The van der Waals surface area contributed by atoms with Gasteiger partial charge in [-0.3, -0.25) is 14.4 Å². The average molecular weight is 538 g/mol. The molecule has 3 aromatic heterocycles. The molecule has 0 fully saturated rings.